The van der Waals surface area contributed by atoms with Gasteiger partial charge in [0.25, 0.3) is 5.56 Å². The molecule has 5 rings (SSSR count). The maximum Gasteiger partial charge on any atom is 0.387 e. The number of aromatic amines is 2. The van der Waals surface area contributed by atoms with Crippen molar-refractivity contribution in [3.63, 3.8) is 0 Å². The number of nitrogen functional groups attached to an aromatic ring is 3. The van der Waals surface area contributed by atoms with Crippen molar-refractivity contribution in [3.05, 3.63) is 75.8 Å². The van der Waals surface area contributed by atoms with Crippen molar-refractivity contribution in [1.29, 1.82) is 5.41 Å². The monoisotopic (exact) mass is 979 g/mol. The summed E-state index contributed by atoms with van der Waals surface area (Å²) in [6.45, 7) is 12.4. The standard InChI is InChI=1S/C7H13NO3.C6H5ClN4.C6H6N4O.C5H7NO2.C3H5N3.CHCl3.Cl3OP.ClH/c1-3-10-6(8)5-7(9)11-4-2;7-4-3-5(8)10-6-1-2-9-11(4)6;7-4-3-6(11)10-5(9-4)1-2-8-10;1-3-8-5(7)4-6-2;4-3-1-2-5-6-3;2-1(3)4;1-5(2,3)4;/h8H,3-5H2,1-2H3;1-3H,(H2,8,10);1-3,8H,7H2;3-4H2,1H3;1-2H,(H3,4,5,6);1H;;1H. The third-order valence-electron chi connectivity index (χ3n) is 4.70. The summed E-state index contributed by atoms with van der Waals surface area (Å²) < 4.78 is 25.4. The lowest BCUT2D eigenvalue weighted by atomic mass is 10.4. The zero-order valence-corrected chi connectivity index (χ0v) is 37.0. The van der Waals surface area contributed by atoms with Gasteiger partial charge in [0, 0.05) is 30.5 Å². The molecule has 57 heavy (non-hydrogen) atoms. The number of nitrogens with zero attached hydrogens (tertiary/aromatic N) is 7. The van der Waals surface area contributed by atoms with Crippen LogP contribution < -0.4 is 22.8 Å². The Bertz CT molecular complexity index is 2000. The van der Waals surface area contributed by atoms with Crippen molar-refractivity contribution in [1.82, 2.24) is 39.4 Å². The van der Waals surface area contributed by atoms with E-state index >= 15 is 0 Å². The molecule has 0 aliphatic heterocycles. The molecule has 0 amide bonds. The van der Waals surface area contributed by atoms with Gasteiger partial charge in [0.1, 0.15) is 29.0 Å². The quantitative estimate of drug-likeness (QED) is 0.0187. The average molecular weight is 983 g/mol. The minimum atomic E-state index is -3.22. The van der Waals surface area contributed by atoms with Crippen LogP contribution in [-0.4, -0.2) is 87.9 Å². The molecule has 318 valence electrons. The average Bonchev–Trinajstić information content (AvgIpc) is 3.85. The first-order valence-corrected chi connectivity index (χ1v) is 21.1. The van der Waals surface area contributed by atoms with Gasteiger partial charge in [0.15, 0.2) is 21.5 Å². The number of H-pyrrole nitrogens is 2. The Morgan fingerprint density at radius 2 is 1.46 bits per heavy atom. The molecule has 0 saturated carbocycles. The first-order chi connectivity index (χ1) is 26.2. The van der Waals surface area contributed by atoms with Gasteiger partial charge in [-0.15, -0.1) is 12.4 Å². The Labute approximate surface area is 366 Å². The number of halogens is 8. The van der Waals surface area contributed by atoms with Gasteiger partial charge in [0.2, 0.25) is 0 Å². The van der Waals surface area contributed by atoms with Gasteiger partial charge in [0.05, 0.1) is 32.2 Å². The van der Waals surface area contributed by atoms with Gasteiger partial charge in [-0.25, -0.2) is 30.4 Å². The number of carbonyl (C=O) groups excluding carboxylic acids is 2. The second-order valence-corrected chi connectivity index (χ2v) is 17.9. The predicted molar refractivity (Wildman–Crippen MR) is 228 cm³/mol. The Morgan fingerprint density at radius 1 is 0.930 bits per heavy atom. The number of hydrogen-bond donors (Lipinski definition) is 6. The van der Waals surface area contributed by atoms with Gasteiger partial charge in [-0.2, -0.15) is 10.2 Å². The summed E-state index contributed by atoms with van der Waals surface area (Å²) in [5, 5.41) is 17.0. The highest BCUT2D eigenvalue weighted by Crippen LogP contribution is 2.61. The van der Waals surface area contributed by atoms with E-state index in [1.54, 1.807) is 63.6 Å². The lowest BCUT2D eigenvalue weighted by molar-refractivity contribution is -0.142. The third-order valence-corrected chi connectivity index (χ3v) is 4.97. The fourth-order valence-electron chi connectivity index (χ4n) is 2.95. The number of hydrogen-bond acceptors (Lipinski definition) is 15. The number of fused-ring (bicyclic) bond motifs is 2. The molecule has 29 heteroatoms. The van der Waals surface area contributed by atoms with Crippen LogP contribution in [0.1, 0.15) is 27.2 Å². The number of nitrogens with one attached hydrogen (secondary N) is 3. The van der Waals surface area contributed by atoms with E-state index in [2.05, 4.69) is 78.4 Å². The number of carbonyl (C=O) groups is 2. The highest BCUT2D eigenvalue weighted by molar-refractivity contribution is 8.24. The number of esters is 2. The highest BCUT2D eigenvalue weighted by atomic mass is 36.0. The van der Waals surface area contributed by atoms with Crippen molar-refractivity contribution in [2.24, 2.45) is 0 Å². The second kappa shape index (κ2) is 33.1. The maximum atomic E-state index is 11.1. The lowest BCUT2D eigenvalue weighted by Crippen LogP contribution is -2.14. The molecule has 0 atom stereocenters. The van der Waals surface area contributed by atoms with Crippen LogP contribution in [0.5, 0.6) is 0 Å². The van der Waals surface area contributed by atoms with Crippen LogP contribution in [-0.2, 0) is 28.4 Å². The SMILES string of the molecule is CCOC(=N)CC(=O)OCC.Cl.ClC(Cl)Cl.Nc1cc(=O)n2[nH]ccc2n1.Nc1cc(Cl)n2nccc2n1.Nc1ccn[nH]1.O=P(Cl)(Cl)Cl.[C-]#[N+]CC(=O)OCC. The second-order valence-electron chi connectivity index (χ2n) is 8.90. The van der Waals surface area contributed by atoms with E-state index in [-0.39, 0.29) is 42.6 Å². The van der Waals surface area contributed by atoms with Gasteiger partial charge in [-0.3, -0.25) is 29.8 Å². The first-order valence-electron chi connectivity index (χ1n) is 15.0. The van der Waals surface area contributed by atoms with Crippen LogP contribution in [0.15, 0.2) is 53.7 Å². The van der Waals surface area contributed by atoms with Crippen LogP contribution in [0.4, 0.5) is 17.5 Å². The molecule has 5 aromatic rings. The fraction of sp³-hybridized carbons (Fsp3) is 0.321. The Morgan fingerprint density at radius 3 is 1.93 bits per heavy atom. The van der Waals surface area contributed by atoms with E-state index in [1.807, 2.05) is 0 Å². The minimum Gasteiger partial charge on any atom is -0.481 e. The van der Waals surface area contributed by atoms with Gasteiger partial charge in [-0.1, -0.05) is 46.4 Å². The van der Waals surface area contributed by atoms with Crippen LogP contribution in [0, 0.1) is 12.0 Å². The molecule has 0 bridgehead atoms. The molecule has 0 fully saturated rings. The van der Waals surface area contributed by atoms with Crippen LogP contribution in [0.3, 0.4) is 0 Å². The number of anilines is 3. The van der Waals surface area contributed by atoms with E-state index < -0.39 is 21.4 Å². The van der Waals surface area contributed by atoms with Crippen LogP contribution >= 0.6 is 97.7 Å². The molecule has 0 spiro atoms. The van der Waals surface area contributed by atoms with E-state index in [9.17, 15) is 18.9 Å². The van der Waals surface area contributed by atoms with Crippen LogP contribution in [0.25, 0.3) is 16.1 Å². The Balaban J connectivity index is -0.000000612. The van der Waals surface area contributed by atoms with E-state index in [4.69, 9.17) is 80.3 Å². The highest BCUT2D eigenvalue weighted by Gasteiger charge is 2.06. The van der Waals surface area contributed by atoms with Crippen LogP contribution in [0.2, 0.25) is 5.15 Å². The molecule has 0 aliphatic carbocycles. The molecule has 20 nitrogen and oxygen atoms in total. The number of nitrogens with two attached hydrogens (primary N) is 3. The zero-order valence-electron chi connectivity index (χ0n) is 30.0. The normalized spacial score (nSPS) is 9.44. The summed E-state index contributed by atoms with van der Waals surface area (Å²) in [4.78, 5) is 42.7. The van der Waals surface area contributed by atoms with Crippen molar-refractivity contribution in [2.75, 3.05) is 43.6 Å². The van der Waals surface area contributed by atoms with Crippen molar-refractivity contribution < 1.29 is 28.4 Å². The molecule has 5 aromatic heterocycles. The van der Waals surface area contributed by atoms with E-state index in [1.165, 1.54) is 15.1 Å². The molecule has 0 saturated heterocycles. The fourth-order valence-corrected chi connectivity index (χ4v) is 3.19. The number of aromatic nitrogens is 8. The molecule has 0 aliphatic rings. The summed E-state index contributed by atoms with van der Waals surface area (Å²) >= 11 is 34.1. The molecular formula is C28H38Cl8N13O7P. The third kappa shape index (κ3) is 32.8. The summed E-state index contributed by atoms with van der Waals surface area (Å²) in [6.07, 6.45) is 4.79. The maximum absolute atomic E-state index is 11.1. The summed E-state index contributed by atoms with van der Waals surface area (Å²) in [6, 6.07) is 7.94. The smallest absolute Gasteiger partial charge is 0.387 e. The number of alkyl halides is 3. The Hall–Kier alpha value is -3.90. The summed E-state index contributed by atoms with van der Waals surface area (Å²) in [7, 11) is 0. The predicted octanol–water partition coefficient (Wildman–Crippen LogP) is 7.20. The number of rotatable bonds is 6. The van der Waals surface area contributed by atoms with Gasteiger partial charge >= 0.3 is 23.7 Å². The molecule has 9 N–H and O–H groups in total. The Kier molecular flexibility index (Phi) is 33.4. The van der Waals surface area contributed by atoms with E-state index in [0.29, 0.717) is 47.9 Å². The lowest BCUT2D eigenvalue weighted by Gasteiger charge is -2.03. The molecule has 5 heterocycles. The first kappa shape index (κ1) is 57.4. The number of ether oxygens (including phenoxy) is 3. The van der Waals surface area contributed by atoms with Crippen molar-refractivity contribution >= 4 is 144 Å². The molecule has 0 aromatic carbocycles. The molecule has 0 unspecified atom stereocenters. The topological polar surface area (TPSA) is 294 Å². The zero-order chi connectivity index (χ0) is 43.3. The van der Waals surface area contributed by atoms with Crippen molar-refractivity contribution in [3.8, 4) is 0 Å². The van der Waals surface area contributed by atoms with Crippen molar-refractivity contribution in [2.45, 2.75) is 31.5 Å². The van der Waals surface area contributed by atoms with Gasteiger partial charge in [-0.05, 0) is 60.6 Å². The minimum absolute atomic E-state index is 0. The summed E-state index contributed by atoms with van der Waals surface area (Å²) in [5.41, 5.74) is 17.0. The molecular weight excluding hydrogens is 945 g/mol. The largest absolute Gasteiger partial charge is 0.481 e. The van der Waals surface area contributed by atoms with Gasteiger partial charge < -0.3 is 36.3 Å². The van der Waals surface area contributed by atoms with E-state index in [0.717, 1.165) is 0 Å². The molecule has 0 radical (unpaired) electrons. The summed E-state index contributed by atoms with van der Waals surface area (Å²) in [5.74, 6) is 0.368.